The highest BCUT2D eigenvalue weighted by atomic mass is 32.1. The van der Waals surface area contributed by atoms with Crippen LogP contribution in [0.25, 0.3) is 16.2 Å². The first-order chi connectivity index (χ1) is 9.24. The predicted molar refractivity (Wildman–Crippen MR) is 70.4 cm³/mol. The van der Waals surface area contributed by atoms with Crippen molar-refractivity contribution in [2.24, 2.45) is 0 Å². The van der Waals surface area contributed by atoms with Gasteiger partial charge in [-0.25, -0.2) is 13.8 Å². The highest BCUT2D eigenvalue weighted by Gasteiger charge is 2.21. The molecule has 2 nitrogen and oxygen atoms in total. The Balaban J connectivity index is 1.95. The normalized spacial score (nSPS) is 14.2. The third-order valence-corrected chi connectivity index (χ3v) is 4.69. The first kappa shape index (κ1) is 11.1. The van der Waals surface area contributed by atoms with Gasteiger partial charge in [-0.3, -0.25) is 4.40 Å². The number of hydrogen-bond acceptors (Lipinski definition) is 2. The van der Waals surface area contributed by atoms with Crippen molar-refractivity contribution in [1.29, 1.82) is 0 Å². The standard InChI is InChI=1S/C14H10F2N2S/c15-8-3-1-4-9(16)13(8)10-7-18-11-5-2-6-12(11)19-14(18)17-10/h1,3-4,7H,2,5-6H2. The molecule has 96 valence electrons. The summed E-state index contributed by atoms with van der Waals surface area (Å²) >= 11 is 1.62. The number of rotatable bonds is 1. The van der Waals surface area contributed by atoms with Crippen molar-refractivity contribution in [2.75, 3.05) is 0 Å². The molecule has 1 aliphatic rings. The quantitative estimate of drug-likeness (QED) is 0.660. The van der Waals surface area contributed by atoms with Crippen LogP contribution in [0.5, 0.6) is 0 Å². The van der Waals surface area contributed by atoms with E-state index in [9.17, 15) is 8.78 Å². The molecule has 5 heteroatoms. The summed E-state index contributed by atoms with van der Waals surface area (Å²) in [6.07, 6.45) is 5.01. The van der Waals surface area contributed by atoms with Gasteiger partial charge in [0.25, 0.3) is 0 Å². The molecule has 0 bridgehead atoms. The van der Waals surface area contributed by atoms with E-state index < -0.39 is 11.6 Å². The Morgan fingerprint density at radius 1 is 1.16 bits per heavy atom. The molecule has 3 aromatic rings. The Labute approximate surface area is 112 Å². The van der Waals surface area contributed by atoms with Gasteiger partial charge in [0.2, 0.25) is 0 Å². The summed E-state index contributed by atoms with van der Waals surface area (Å²) in [4.78, 5) is 6.54. The van der Waals surface area contributed by atoms with Gasteiger partial charge >= 0.3 is 0 Å². The first-order valence-corrected chi connectivity index (χ1v) is 7.00. The average molecular weight is 276 g/mol. The molecule has 1 aromatic carbocycles. The molecule has 1 aliphatic carbocycles. The first-order valence-electron chi connectivity index (χ1n) is 6.18. The molecule has 0 unspecified atom stereocenters. The monoisotopic (exact) mass is 276 g/mol. The molecule has 0 aliphatic heterocycles. The fourth-order valence-electron chi connectivity index (χ4n) is 2.67. The van der Waals surface area contributed by atoms with Crippen molar-refractivity contribution in [3.8, 4) is 11.3 Å². The number of imidazole rings is 1. The molecular weight excluding hydrogens is 266 g/mol. The summed E-state index contributed by atoms with van der Waals surface area (Å²) in [5.74, 6) is -1.13. The maximum atomic E-state index is 13.8. The second kappa shape index (κ2) is 3.87. The van der Waals surface area contributed by atoms with Gasteiger partial charge in [-0.05, 0) is 31.4 Å². The van der Waals surface area contributed by atoms with Crippen molar-refractivity contribution in [1.82, 2.24) is 9.38 Å². The third kappa shape index (κ3) is 1.54. The van der Waals surface area contributed by atoms with Crippen molar-refractivity contribution in [2.45, 2.75) is 19.3 Å². The van der Waals surface area contributed by atoms with Crippen molar-refractivity contribution in [3.05, 3.63) is 46.6 Å². The molecule has 0 fully saturated rings. The number of aryl methyl sites for hydroxylation is 2. The number of hydrogen-bond donors (Lipinski definition) is 0. The van der Waals surface area contributed by atoms with Crippen molar-refractivity contribution in [3.63, 3.8) is 0 Å². The largest absolute Gasteiger partial charge is 0.294 e. The van der Waals surface area contributed by atoms with Crippen molar-refractivity contribution < 1.29 is 8.78 Å². The van der Waals surface area contributed by atoms with Crippen LogP contribution in [0.2, 0.25) is 0 Å². The zero-order chi connectivity index (χ0) is 13.0. The lowest BCUT2D eigenvalue weighted by Crippen LogP contribution is -1.90. The van der Waals surface area contributed by atoms with Crippen LogP contribution in [0.4, 0.5) is 8.78 Å². The van der Waals surface area contributed by atoms with E-state index in [0.717, 1.165) is 24.2 Å². The number of aromatic nitrogens is 2. The maximum Gasteiger partial charge on any atom is 0.194 e. The average Bonchev–Trinajstić information content (AvgIpc) is 3.00. The molecule has 4 rings (SSSR count). The number of thiazole rings is 1. The van der Waals surface area contributed by atoms with Crippen LogP contribution < -0.4 is 0 Å². The molecule has 0 spiro atoms. The van der Waals surface area contributed by atoms with Gasteiger partial charge in [0.05, 0.1) is 11.3 Å². The van der Waals surface area contributed by atoms with Gasteiger partial charge in [-0.2, -0.15) is 0 Å². The molecule has 0 saturated heterocycles. The van der Waals surface area contributed by atoms with Crippen LogP contribution in [0.15, 0.2) is 24.4 Å². The second-order valence-electron chi connectivity index (χ2n) is 4.70. The Morgan fingerprint density at radius 2 is 1.95 bits per heavy atom. The zero-order valence-corrected chi connectivity index (χ0v) is 10.8. The molecular formula is C14H10F2N2S. The van der Waals surface area contributed by atoms with Gasteiger partial charge in [-0.15, -0.1) is 11.3 Å². The molecule has 2 aromatic heterocycles. The van der Waals surface area contributed by atoms with Gasteiger partial charge < -0.3 is 0 Å². The highest BCUT2D eigenvalue weighted by Crippen LogP contribution is 2.34. The minimum Gasteiger partial charge on any atom is -0.294 e. The van der Waals surface area contributed by atoms with E-state index in [0.29, 0.717) is 5.69 Å². The number of fused-ring (bicyclic) bond motifs is 3. The van der Waals surface area contributed by atoms with Gasteiger partial charge in [0.15, 0.2) is 4.96 Å². The second-order valence-corrected chi connectivity index (χ2v) is 5.76. The molecule has 0 N–H and O–H groups in total. The van der Waals surface area contributed by atoms with E-state index >= 15 is 0 Å². The maximum absolute atomic E-state index is 13.8. The topological polar surface area (TPSA) is 17.3 Å². The summed E-state index contributed by atoms with van der Waals surface area (Å²) in [5, 5.41) is 0. The number of halogens is 2. The third-order valence-electron chi connectivity index (χ3n) is 3.54. The van der Waals surface area contributed by atoms with Crippen LogP contribution in [0.1, 0.15) is 17.0 Å². The van der Waals surface area contributed by atoms with Gasteiger partial charge in [-0.1, -0.05) is 6.07 Å². The van der Waals surface area contributed by atoms with Crippen molar-refractivity contribution >= 4 is 16.3 Å². The lowest BCUT2D eigenvalue weighted by Gasteiger charge is -2.00. The highest BCUT2D eigenvalue weighted by molar-refractivity contribution is 7.17. The van der Waals surface area contributed by atoms with Crippen LogP contribution in [-0.2, 0) is 12.8 Å². The zero-order valence-electron chi connectivity index (χ0n) is 9.99. The van der Waals surface area contributed by atoms with E-state index in [-0.39, 0.29) is 5.56 Å². The van der Waals surface area contributed by atoms with Crippen LogP contribution in [0.3, 0.4) is 0 Å². The Hall–Kier alpha value is -1.75. The minimum absolute atomic E-state index is 0.0369. The Morgan fingerprint density at radius 3 is 2.74 bits per heavy atom. The summed E-state index contributed by atoms with van der Waals surface area (Å²) in [7, 11) is 0. The fourth-order valence-corrected chi connectivity index (χ4v) is 3.86. The SMILES string of the molecule is Fc1cccc(F)c1-c1cn2c3c(sc2n1)CCC3. The lowest BCUT2D eigenvalue weighted by atomic mass is 10.1. The van der Waals surface area contributed by atoms with E-state index in [1.807, 2.05) is 4.40 Å². The smallest absolute Gasteiger partial charge is 0.194 e. The summed E-state index contributed by atoms with van der Waals surface area (Å²) < 4.78 is 29.5. The fraction of sp³-hybridized carbons (Fsp3) is 0.214. The minimum atomic E-state index is -0.567. The lowest BCUT2D eigenvalue weighted by molar-refractivity contribution is 0.589. The van der Waals surface area contributed by atoms with E-state index in [1.54, 1.807) is 17.5 Å². The summed E-state index contributed by atoms with van der Waals surface area (Å²) in [6, 6.07) is 3.89. The molecule has 0 saturated carbocycles. The van der Waals surface area contributed by atoms with Crippen LogP contribution in [0, 0.1) is 11.6 Å². The van der Waals surface area contributed by atoms with Gasteiger partial charge in [0.1, 0.15) is 11.6 Å². The summed E-state index contributed by atoms with van der Waals surface area (Å²) in [5.41, 5.74) is 1.58. The van der Waals surface area contributed by atoms with Crippen LogP contribution in [-0.4, -0.2) is 9.38 Å². The Kier molecular flexibility index (Phi) is 2.26. The molecule has 0 amide bonds. The van der Waals surface area contributed by atoms with E-state index in [4.69, 9.17) is 0 Å². The molecule has 19 heavy (non-hydrogen) atoms. The van der Waals surface area contributed by atoms with Gasteiger partial charge in [0, 0.05) is 16.8 Å². The summed E-state index contributed by atoms with van der Waals surface area (Å²) in [6.45, 7) is 0. The molecule has 0 atom stereocenters. The number of benzene rings is 1. The van der Waals surface area contributed by atoms with E-state index in [1.165, 1.54) is 28.8 Å². The predicted octanol–water partition coefficient (Wildman–Crippen LogP) is 3.83. The Bertz CT molecular complexity index is 768. The number of nitrogens with zero attached hydrogens (tertiary/aromatic N) is 2. The van der Waals surface area contributed by atoms with E-state index in [2.05, 4.69) is 4.98 Å². The molecule has 0 radical (unpaired) electrons. The van der Waals surface area contributed by atoms with Crippen LogP contribution >= 0.6 is 11.3 Å². The molecule has 2 heterocycles.